The average molecular weight is 366 g/mol. The molecule has 1 fully saturated rings. The highest BCUT2D eigenvalue weighted by atomic mass is 19.1. The molecule has 0 spiro atoms. The SMILES string of the molecule is CCN(CC)CCNC(=O)Nc1ccc(N2CC(C)OC(C)C2)c(F)c1. The number of likely N-dealkylation sites (N-methyl/N-ethyl adjacent to an activating group) is 1. The summed E-state index contributed by atoms with van der Waals surface area (Å²) >= 11 is 0. The maximum atomic E-state index is 14.5. The predicted molar refractivity (Wildman–Crippen MR) is 103 cm³/mol. The van der Waals surface area contributed by atoms with E-state index in [-0.39, 0.29) is 24.1 Å². The number of amides is 2. The van der Waals surface area contributed by atoms with Crippen LogP contribution in [0.4, 0.5) is 20.6 Å². The first kappa shape index (κ1) is 20.5. The van der Waals surface area contributed by atoms with Gasteiger partial charge in [-0.25, -0.2) is 9.18 Å². The molecule has 6 nitrogen and oxygen atoms in total. The summed E-state index contributed by atoms with van der Waals surface area (Å²) in [5, 5.41) is 5.49. The monoisotopic (exact) mass is 366 g/mol. The Kier molecular flexibility index (Phi) is 7.66. The summed E-state index contributed by atoms with van der Waals surface area (Å²) in [5.74, 6) is -0.341. The Morgan fingerprint density at radius 1 is 1.27 bits per heavy atom. The van der Waals surface area contributed by atoms with Crippen molar-refractivity contribution in [3.63, 3.8) is 0 Å². The zero-order valence-corrected chi connectivity index (χ0v) is 16.2. The number of carbonyl (C=O) groups excluding carboxylic acids is 1. The van der Waals surface area contributed by atoms with Crippen LogP contribution in [0.5, 0.6) is 0 Å². The van der Waals surface area contributed by atoms with Gasteiger partial charge in [0.1, 0.15) is 5.82 Å². The standard InChI is InChI=1S/C19H31FN4O2/c1-5-23(6-2)10-9-21-19(25)22-16-7-8-18(17(20)11-16)24-12-14(3)26-15(4)13-24/h7-8,11,14-15H,5-6,9-10,12-13H2,1-4H3,(H2,21,22,25). The summed E-state index contributed by atoms with van der Waals surface area (Å²) in [6.07, 6.45) is 0.125. The lowest BCUT2D eigenvalue weighted by Gasteiger charge is -2.37. The Labute approximate surface area is 155 Å². The topological polar surface area (TPSA) is 56.8 Å². The van der Waals surface area contributed by atoms with Crippen molar-refractivity contribution < 1.29 is 13.9 Å². The molecule has 0 aliphatic carbocycles. The summed E-state index contributed by atoms with van der Waals surface area (Å²) in [4.78, 5) is 16.2. The van der Waals surface area contributed by atoms with Crippen molar-refractivity contribution in [3.05, 3.63) is 24.0 Å². The number of benzene rings is 1. The molecule has 1 aliphatic rings. The van der Waals surface area contributed by atoms with Gasteiger partial charge in [-0.3, -0.25) is 0 Å². The van der Waals surface area contributed by atoms with Gasteiger partial charge in [-0.05, 0) is 45.1 Å². The van der Waals surface area contributed by atoms with Crippen molar-refractivity contribution in [2.75, 3.05) is 49.5 Å². The Morgan fingerprint density at radius 2 is 1.92 bits per heavy atom. The Hall–Kier alpha value is -1.86. The molecule has 2 rings (SSSR count). The molecule has 1 aliphatic heterocycles. The summed E-state index contributed by atoms with van der Waals surface area (Å²) in [7, 11) is 0. The number of nitrogens with zero attached hydrogens (tertiary/aromatic N) is 2. The van der Waals surface area contributed by atoms with Crippen LogP contribution < -0.4 is 15.5 Å². The van der Waals surface area contributed by atoms with Gasteiger partial charge in [0.2, 0.25) is 0 Å². The lowest BCUT2D eigenvalue weighted by Crippen LogP contribution is -2.45. The van der Waals surface area contributed by atoms with Gasteiger partial charge >= 0.3 is 6.03 Å². The van der Waals surface area contributed by atoms with Gasteiger partial charge in [0.25, 0.3) is 0 Å². The number of carbonyl (C=O) groups is 1. The third kappa shape index (κ3) is 5.85. The van der Waals surface area contributed by atoms with Crippen molar-refractivity contribution in [3.8, 4) is 0 Å². The lowest BCUT2D eigenvalue weighted by atomic mass is 10.2. The van der Waals surface area contributed by atoms with Crippen LogP contribution in [0, 0.1) is 5.82 Å². The summed E-state index contributed by atoms with van der Waals surface area (Å²) in [6.45, 7) is 12.7. The summed E-state index contributed by atoms with van der Waals surface area (Å²) in [5.41, 5.74) is 0.987. The molecule has 2 atom stereocenters. The third-order valence-electron chi connectivity index (χ3n) is 4.57. The second kappa shape index (κ2) is 9.73. The summed E-state index contributed by atoms with van der Waals surface area (Å²) in [6, 6.07) is 4.49. The third-order valence-corrected chi connectivity index (χ3v) is 4.57. The molecular weight excluding hydrogens is 335 g/mol. The number of urea groups is 1. The molecule has 2 N–H and O–H groups in total. The van der Waals surface area contributed by atoms with Gasteiger partial charge in [0.15, 0.2) is 0 Å². The first-order valence-electron chi connectivity index (χ1n) is 9.40. The highest BCUT2D eigenvalue weighted by Crippen LogP contribution is 2.26. The van der Waals surface area contributed by atoms with Crippen molar-refractivity contribution in [2.45, 2.75) is 39.9 Å². The van der Waals surface area contributed by atoms with Gasteiger partial charge < -0.3 is 25.2 Å². The molecule has 1 heterocycles. The first-order valence-corrected chi connectivity index (χ1v) is 9.40. The number of hydrogen-bond acceptors (Lipinski definition) is 4. The fraction of sp³-hybridized carbons (Fsp3) is 0.632. The smallest absolute Gasteiger partial charge is 0.319 e. The van der Waals surface area contributed by atoms with Gasteiger partial charge in [0, 0.05) is 31.9 Å². The molecule has 2 amide bonds. The number of halogens is 1. The molecule has 1 aromatic rings. The van der Waals surface area contributed by atoms with E-state index in [0.29, 0.717) is 31.0 Å². The Balaban J connectivity index is 1.89. The van der Waals surface area contributed by atoms with E-state index in [1.54, 1.807) is 12.1 Å². The van der Waals surface area contributed by atoms with Gasteiger partial charge in [-0.15, -0.1) is 0 Å². The van der Waals surface area contributed by atoms with Crippen molar-refractivity contribution in [1.29, 1.82) is 0 Å². The molecule has 7 heteroatoms. The normalized spacial score (nSPS) is 20.3. The Bertz CT molecular complexity index is 585. The molecule has 1 saturated heterocycles. The van der Waals surface area contributed by atoms with E-state index in [1.165, 1.54) is 6.07 Å². The molecule has 146 valence electrons. The van der Waals surface area contributed by atoms with E-state index >= 15 is 0 Å². The van der Waals surface area contributed by atoms with Crippen LogP contribution in [0.1, 0.15) is 27.7 Å². The number of hydrogen-bond donors (Lipinski definition) is 2. The van der Waals surface area contributed by atoms with Crippen LogP contribution >= 0.6 is 0 Å². The minimum atomic E-state index is -0.341. The molecule has 26 heavy (non-hydrogen) atoms. The largest absolute Gasteiger partial charge is 0.372 e. The molecule has 2 unspecified atom stereocenters. The van der Waals surface area contributed by atoms with Gasteiger partial charge in [0.05, 0.1) is 17.9 Å². The molecule has 1 aromatic carbocycles. The quantitative estimate of drug-likeness (QED) is 0.779. The average Bonchev–Trinajstić information content (AvgIpc) is 2.58. The van der Waals surface area contributed by atoms with E-state index < -0.39 is 0 Å². The number of ether oxygens (including phenoxy) is 1. The second-order valence-corrected chi connectivity index (χ2v) is 6.74. The fourth-order valence-electron chi connectivity index (χ4n) is 3.26. The van der Waals surface area contributed by atoms with Crippen LogP contribution in [0.3, 0.4) is 0 Å². The zero-order chi connectivity index (χ0) is 19.1. The fourth-order valence-corrected chi connectivity index (χ4v) is 3.26. The number of rotatable bonds is 7. The molecular formula is C19H31FN4O2. The van der Waals surface area contributed by atoms with Crippen molar-refractivity contribution in [1.82, 2.24) is 10.2 Å². The molecule has 0 saturated carbocycles. The van der Waals surface area contributed by atoms with Crippen LogP contribution in [0.15, 0.2) is 18.2 Å². The maximum absolute atomic E-state index is 14.5. The van der Waals surface area contributed by atoms with Crippen molar-refractivity contribution >= 4 is 17.4 Å². The predicted octanol–water partition coefficient (Wildman–Crippen LogP) is 2.90. The molecule has 0 aromatic heterocycles. The number of morpholine rings is 1. The van der Waals surface area contributed by atoms with E-state index in [1.807, 2.05) is 18.7 Å². The first-order chi connectivity index (χ1) is 12.4. The van der Waals surface area contributed by atoms with Crippen LogP contribution in [0.25, 0.3) is 0 Å². The number of anilines is 2. The lowest BCUT2D eigenvalue weighted by molar-refractivity contribution is -0.00539. The van der Waals surface area contributed by atoms with Gasteiger partial charge in [-0.2, -0.15) is 0 Å². The molecule has 0 radical (unpaired) electrons. The van der Waals surface area contributed by atoms with Crippen molar-refractivity contribution in [2.24, 2.45) is 0 Å². The van der Waals surface area contributed by atoms with Crippen LogP contribution in [-0.2, 0) is 4.74 Å². The van der Waals surface area contributed by atoms with E-state index in [4.69, 9.17) is 4.74 Å². The maximum Gasteiger partial charge on any atom is 0.319 e. The Morgan fingerprint density at radius 3 is 2.50 bits per heavy atom. The van der Waals surface area contributed by atoms with E-state index in [2.05, 4.69) is 29.4 Å². The van der Waals surface area contributed by atoms with Gasteiger partial charge in [-0.1, -0.05) is 13.8 Å². The van der Waals surface area contributed by atoms with Crippen LogP contribution in [0.2, 0.25) is 0 Å². The molecule has 0 bridgehead atoms. The highest BCUT2D eigenvalue weighted by Gasteiger charge is 2.24. The second-order valence-electron chi connectivity index (χ2n) is 6.74. The number of nitrogens with one attached hydrogen (secondary N) is 2. The zero-order valence-electron chi connectivity index (χ0n) is 16.2. The summed E-state index contributed by atoms with van der Waals surface area (Å²) < 4.78 is 20.2. The minimum Gasteiger partial charge on any atom is -0.372 e. The minimum absolute atomic E-state index is 0.0625. The highest BCUT2D eigenvalue weighted by molar-refractivity contribution is 5.89. The van der Waals surface area contributed by atoms with E-state index in [9.17, 15) is 9.18 Å². The van der Waals surface area contributed by atoms with Crippen LogP contribution in [-0.4, -0.2) is 62.4 Å². The van der Waals surface area contributed by atoms with E-state index in [0.717, 1.165) is 19.6 Å².